The summed E-state index contributed by atoms with van der Waals surface area (Å²) in [5.74, 6) is 0.283. The lowest BCUT2D eigenvalue weighted by Crippen LogP contribution is -2.23. The number of carbonyl (C=O) groups excluding carboxylic acids is 1. The van der Waals surface area contributed by atoms with Crippen molar-refractivity contribution >= 4 is 21.3 Å². The molecule has 1 aliphatic heterocycles. The lowest BCUT2D eigenvalue weighted by atomic mass is 10.1. The smallest absolute Gasteiger partial charge is 0.252 e. The van der Waals surface area contributed by atoms with E-state index < -0.39 is 15.7 Å². The van der Waals surface area contributed by atoms with Crippen molar-refractivity contribution in [1.29, 1.82) is 0 Å². The van der Waals surface area contributed by atoms with Crippen molar-refractivity contribution in [2.75, 3.05) is 7.11 Å². The van der Waals surface area contributed by atoms with Gasteiger partial charge in [0.15, 0.2) is 0 Å². The van der Waals surface area contributed by atoms with Gasteiger partial charge in [0.2, 0.25) is 9.84 Å². The van der Waals surface area contributed by atoms with Crippen LogP contribution in [-0.2, 0) is 21.2 Å². The Hall–Kier alpha value is -2.60. The highest BCUT2D eigenvalue weighted by atomic mass is 32.2. The molecule has 5 nitrogen and oxygen atoms in total. The molecule has 1 aliphatic rings. The maximum Gasteiger partial charge on any atom is 0.252 e. The van der Waals surface area contributed by atoms with Crippen LogP contribution in [0.3, 0.4) is 0 Å². The van der Waals surface area contributed by atoms with Gasteiger partial charge in [-0.3, -0.25) is 4.79 Å². The van der Waals surface area contributed by atoms with E-state index in [0.29, 0.717) is 11.3 Å². The fraction of sp³-hybridized carbons (Fsp3) is 0.118. The number of nitrogens with one attached hydrogen (secondary N) is 1. The Morgan fingerprint density at radius 1 is 1.13 bits per heavy atom. The summed E-state index contributed by atoms with van der Waals surface area (Å²) in [4.78, 5) is 12.5. The molecule has 23 heavy (non-hydrogen) atoms. The predicted molar refractivity (Wildman–Crippen MR) is 86.4 cm³/mol. The molecule has 2 aromatic carbocycles. The number of rotatable bonds is 4. The van der Waals surface area contributed by atoms with Gasteiger partial charge in [-0.1, -0.05) is 30.3 Å². The van der Waals surface area contributed by atoms with Crippen LogP contribution in [0.5, 0.6) is 5.75 Å². The second kappa shape index (κ2) is 5.89. The van der Waals surface area contributed by atoms with Gasteiger partial charge in [0.1, 0.15) is 5.75 Å². The molecule has 6 heteroatoms. The van der Waals surface area contributed by atoms with Crippen LogP contribution in [0.1, 0.15) is 11.1 Å². The Bertz CT molecular complexity index is 900. The quantitative estimate of drug-likeness (QED) is 0.933. The monoisotopic (exact) mass is 329 g/mol. The first kappa shape index (κ1) is 15.3. The van der Waals surface area contributed by atoms with Crippen LogP contribution in [0.4, 0.5) is 0 Å². The van der Waals surface area contributed by atoms with E-state index in [4.69, 9.17) is 4.74 Å². The second-order valence-electron chi connectivity index (χ2n) is 5.11. The Labute approximate surface area is 134 Å². The third-order valence-corrected chi connectivity index (χ3v) is 5.10. The average molecular weight is 329 g/mol. The summed E-state index contributed by atoms with van der Waals surface area (Å²) in [6.45, 7) is 0.287. The number of hydrogen-bond acceptors (Lipinski definition) is 4. The normalized spacial score (nSPS) is 14.7. The first-order valence-electron chi connectivity index (χ1n) is 6.98. The molecule has 0 bridgehead atoms. The van der Waals surface area contributed by atoms with Gasteiger partial charge in [-0.05, 0) is 23.8 Å². The molecule has 1 amide bonds. The van der Waals surface area contributed by atoms with Crippen LogP contribution in [0.2, 0.25) is 0 Å². The maximum absolute atomic E-state index is 12.3. The highest BCUT2D eigenvalue weighted by Gasteiger charge is 2.29. The zero-order valence-electron chi connectivity index (χ0n) is 12.4. The van der Waals surface area contributed by atoms with Crippen LogP contribution in [0.15, 0.2) is 58.8 Å². The van der Waals surface area contributed by atoms with Crippen molar-refractivity contribution in [1.82, 2.24) is 5.32 Å². The molecule has 0 saturated carbocycles. The van der Waals surface area contributed by atoms with Crippen LogP contribution >= 0.6 is 0 Å². The fourth-order valence-electron chi connectivity index (χ4n) is 2.46. The summed E-state index contributed by atoms with van der Waals surface area (Å²) in [7, 11) is -1.96. The van der Waals surface area contributed by atoms with Gasteiger partial charge in [-0.25, -0.2) is 8.42 Å². The first-order chi connectivity index (χ1) is 11.0. The van der Waals surface area contributed by atoms with Gasteiger partial charge in [0.25, 0.3) is 5.91 Å². The van der Waals surface area contributed by atoms with E-state index in [2.05, 4.69) is 5.32 Å². The molecule has 118 valence electrons. The molecule has 0 radical (unpaired) electrons. The molecule has 0 atom stereocenters. The lowest BCUT2D eigenvalue weighted by molar-refractivity contribution is -0.115. The van der Waals surface area contributed by atoms with E-state index in [1.54, 1.807) is 25.3 Å². The molecule has 0 fully saturated rings. The van der Waals surface area contributed by atoms with Gasteiger partial charge in [-0.2, -0.15) is 0 Å². The summed E-state index contributed by atoms with van der Waals surface area (Å²) in [5, 5.41) is 3.77. The minimum atomic E-state index is -3.54. The number of benzene rings is 2. The zero-order chi connectivity index (χ0) is 16.4. The average Bonchev–Trinajstić information content (AvgIpc) is 2.85. The number of sulfone groups is 1. The maximum atomic E-state index is 12.3. The van der Waals surface area contributed by atoms with Crippen LogP contribution in [0.25, 0.3) is 5.57 Å². The molecular formula is C17H15NO4S. The summed E-state index contributed by atoms with van der Waals surface area (Å²) in [5.41, 5.74) is 1.48. The number of fused-ring (bicyclic) bond motifs is 1. The SMILES string of the molecule is COc1cccc(CNC(=O)C2=CS(=O)(=O)c3ccccc32)c1. The van der Waals surface area contributed by atoms with Crippen molar-refractivity contribution in [2.24, 2.45) is 0 Å². The molecule has 1 N–H and O–H groups in total. The molecule has 0 spiro atoms. The highest BCUT2D eigenvalue weighted by Crippen LogP contribution is 2.33. The molecule has 0 aliphatic carbocycles. The molecule has 0 unspecified atom stereocenters. The summed E-state index contributed by atoms with van der Waals surface area (Å²) in [6, 6.07) is 13.8. The molecule has 0 aromatic heterocycles. The molecule has 0 saturated heterocycles. The Morgan fingerprint density at radius 2 is 1.91 bits per heavy atom. The van der Waals surface area contributed by atoms with E-state index in [0.717, 1.165) is 11.0 Å². The Morgan fingerprint density at radius 3 is 2.70 bits per heavy atom. The van der Waals surface area contributed by atoms with Gasteiger partial charge < -0.3 is 10.1 Å². The van der Waals surface area contributed by atoms with Gasteiger partial charge in [0, 0.05) is 17.5 Å². The summed E-state index contributed by atoms with van der Waals surface area (Å²) in [6.07, 6.45) is 0. The molecule has 1 heterocycles. The third-order valence-electron chi connectivity index (χ3n) is 3.59. The molecular weight excluding hydrogens is 314 g/mol. The number of ether oxygens (including phenoxy) is 1. The Balaban J connectivity index is 1.79. The van der Waals surface area contributed by atoms with E-state index in [-0.39, 0.29) is 17.0 Å². The van der Waals surface area contributed by atoms with Crippen molar-refractivity contribution in [3.63, 3.8) is 0 Å². The highest BCUT2D eigenvalue weighted by molar-refractivity contribution is 7.95. The topological polar surface area (TPSA) is 72.5 Å². The van der Waals surface area contributed by atoms with Crippen LogP contribution in [0, 0.1) is 0 Å². The summed E-state index contributed by atoms with van der Waals surface area (Å²) >= 11 is 0. The predicted octanol–water partition coefficient (Wildman–Crippen LogP) is 2.14. The molecule has 3 rings (SSSR count). The number of methoxy groups -OCH3 is 1. The number of carbonyl (C=O) groups is 1. The van der Waals surface area contributed by atoms with E-state index >= 15 is 0 Å². The van der Waals surface area contributed by atoms with Crippen LogP contribution in [-0.4, -0.2) is 21.4 Å². The van der Waals surface area contributed by atoms with Gasteiger partial charge in [-0.15, -0.1) is 0 Å². The number of amides is 1. The minimum absolute atomic E-state index is 0.170. The lowest BCUT2D eigenvalue weighted by Gasteiger charge is -2.08. The van der Waals surface area contributed by atoms with Crippen molar-refractivity contribution in [3.8, 4) is 5.75 Å². The van der Waals surface area contributed by atoms with E-state index in [9.17, 15) is 13.2 Å². The van der Waals surface area contributed by atoms with Crippen molar-refractivity contribution in [2.45, 2.75) is 11.4 Å². The van der Waals surface area contributed by atoms with Gasteiger partial charge >= 0.3 is 0 Å². The fourth-order valence-corrected chi connectivity index (χ4v) is 3.88. The third kappa shape index (κ3) is 2.98. The van der Waals surface area contributed by atoms with E-state index in [1.807, 2.05) is 24.3 Å². The van der Waals surface area contributed by atoms with Crippen LogP contribution < -0.4 is 10.1 Å². The standard InChI is InChI=1S/C17H15NO4S/c1-22-13-6-4-5-12(9-13)10-18-17(19)15-11-23(20,21)16-8-3-2-7-14(15)16/h2-9,11H,10H2,1H3,(H,18,19). The Kier molecular flexibility index (Phi) is 3.92. The summed E-state index contributed by atoms with van der Waals surface area (Å²) < 4.78 is 29.2. The largest absolute Gasteiger partial charge is 0.497 e. The molecule has 2 aromatic rings. The first-order valence-corrected chi connectivity index (χ1v) is 8.53. The minimum Gasteiger partial charge on any atom is -0.497 e. The van der Waals surface area contributed by atoms with Gasteiger partial charge in [0.05, 0.1) is 17.6 Å². The van der Waals surface area contributed by atoms with Crippen molar-refractivity contribution in [3.05, 3.63) is 65.1 Å². The second-order valence-corrected chi connectivity index (χ2v) is 6.87. The van der Waals surface area contributed by atoms with E-state index in [1.165, 1.54) is 6.07 Å². The number of hydrogen-bond donors (Lipinski definition) is 1. The zero-order valence-corrected chi connectivity index (χ0v) is 13.3. The van der Waals surface area contributed by atoms with Crippen molar-refractivity contribution < 1.29 is 17.9 Å².